The van der Waals surface area contributed by atoms with E-state index in [2.05, 4.69) is 14.9 Å². The van der Waals surface area contributed by atoms with Crippen LogP contribution in [-0.4, -0.2) is 55.6 Å². The van der Waals surface area contributed by atoms with Crippen molar-refractivity contribution in [3.63, 3.8) is 0 Å². The summed E-state index contributed by atoms with van der Waals surface area (Å²) in [5, 5.41) is 17.3. The van der Waals surface area contributed by atoms with Gasteiger partial charge in [-0.2, -0.15) is 0 Å². The second-order valence-corrected chi connectivity index (χ2v) is 10.7. The average Bonchev–Trinajstić information content (AvgIpc) is 3.52. The summed E-state index contributed by atoms with van der Waals surface area (Å²) in [6.07, 6.45) is 0.979. The van der Waals surface area contributed by atoms with Gasteiger partial charge in [0.1, 0.15) is 28.1 Å². The first-order valence-corrected chi connectivity index (χ1v) is 12.9. The van der Waals surface area contributed by atoms with Gasteiger partial charge in [-0.25, -0.2) is 0 Å². The van der Waals surface area contributed by atoms with E-state index in [9.17, 15) is 19.5 Å². The van der Waals surface area contributed by atoms with Crippen LogP contribution in [0.5, 0.6) is 5.75 Å². The van der Waals surface area contributed by atoms with Gasteiger partial charge in [0, 0.05) is 23.6 Å². The highest BCUT2D eigenvalue weighted by Gasteiger charge is 2.39. The number of phenolic OH excluding ortho intramolecular Hbond substituents is 1. The van der Waals surface area contributed by atoms with Crippen molar-refractivity contribution in [2.45, 2.75) is 57.6 Å². The Morgan fingerprint density at radius 2 is 1.84 bits per heavy atom. The van der Waals surface area contributed by atoms with Gasteiger partial charge in [-0.15, -0.1) is 5.10 Å². The number of likely N-dealkylation sites (tertiary alicyclic amines) is 1. The lowest BCUT2D eigenvalue weighted by molar-refractivity contribution is -0.157. The van der Waals surface area contributed by atoms with Gasteiger partial charge in [0.05, 0.1) is 12.3 Å². The number of amides is 2. The van der Waals surface area contributed by atoms with E-state index in [1.807, 2.05) is 30.3 Å². The summed E-state index contributed by atoms with van der Waals surface area (Å²) in [7, 11) is 0. The molecule has 9 nitrogen and oxygen atoms in total. The Balaban J connectivity index is 1.54. The Bertz CT molecular complexity index is 1250. The number of carbonyl (C=O) groups is 3. The first-order valence-electron chi connectivity index (χ1n) is 12.1. The van der Waals surface area contributed by atoms with E-state index < -0.39 is 23.5 Å². The first-order chi connectivity index (χ1) is 17.6. The molecule has 2 amide bonds. The Labute approximate surface area is 219 Å². The monoisotopic (exact) mass is 522 g/mol. The third-order valence-electron chi connectivity index (χ3n) is 5.99. The van der Waals surface area contributed by atoms with Crippen molar-refractivity contribution in [1.82, 2.24) is 14.5 Å². The number of nitrogens with one attached hydrogen (secondary N) is 1. The molecule has 0 saturated carbocycles. The van der Waals surface area contributed by atoms with Gasteiger partial charge in [-0.3, -0.25) is 14.4 Å². The minimum atomic E-state index is -0.853. The minimum Gasteiger partial charge on any atom is -0.508 e. The molecular weight excluding hydrogens is 492 g/mol. The molecule has 2 heterocycles. The molecule has 0 unspecified atom stereocenters. The highest BCUT2D eigenvalue weighted by Crippen LogP contribution is 2.32. The zero-order chi connectivity index (χ0) is 26.6. The van der Waals surface area contributed by atoms with Crippen molar-refractivity contribution in [3.8, 4) is 17.0 Å². The normalized spacial score (nSPS) is 16.3. The lowest BCUT2D eigenvalue weighted by atomic mass is 9.93. The number of rotatable bonds is 7. The molecule has 2 N–H and O–H groups in total. The molecule has 0 radical (unpaired) electrons. The highest BCUT2D eigenvalue weighted by atomic mass is 32.1. The van der Waals surface area contributed by atoms with Crippen LogP contribution in [0, 0.1) is 0 Å². The molecular formula is C27H30N4O5S. The second-order valence-electron chi connectivity index (χ2n) is 9.93. The molecule has 194 valence electrons. The number of anilines is 1. The molecule has 0 bridgehead atoms. The summed E-state index contributed by atoms with van der Waals surface area (Å²) in [4.78, 5) is 41.4. The molecule has 10 heteroatoms. The predicted octanol–water partition coefficient (Wildman–Crippen LogP) is 4.36. The summed E-state index contributed by atoms with van der Waals surface area (Å²) in [5.41, 5.74) is 1.27. The maximum atomic E-state index is 13.8. The fourth-order valence-electron chi connectivity index (χ4n) is 4.36. The molecule has 0 aliphatic carbocycles. The van der Waals surface area contributed by atoms with E-state index in [-0.39, 0.29) is 24.0 Å². The zero-order valence-corrected chi connectivity index (χ0v) is 21.8. The van der Waals surface area contributed by atoms with E-state index in [1.165, 1.54) is 17.0 Å². The van der Waals surface area contributed by atoms with E-state index in [0.29, 0.717) is 35.6 Å². The van der Waals surface area contributed by atoms with Crippen molar-refractivity contribution in [2.75, 3.05) is 11.9 Å². The van der Waals surface area contributed by atoms with E-state index >= 15 is 0 Å². The Hall–Kier alpha value is -3.79. The third-order valence-corrected chi connectivity index (χ3v) is 6.64. The number of hydrogen-bond acceptors (Lipinski definition) is 8. The van der Waals surface area contributed by atoms with Crippen LogP contribution < -0.4 is 5.32 Å². The van der Waals surface area contributed by atoms with E-state index in [0.717, 1.165) is 17.1 Å². The Kier molecular flexibility index (Phi) is 7.87. The van der Waals surface area contributed by atoms with Crippen molar-refractivity contribution in [1.29, 1.82) is 0 Å². The number of aromatic hydroxyl groups is 1. The number of benzene rings is 2. The van der Waals surface area contributed by atoms with Crippen LogP contribution in [0.4, 0.5) is 5.00 Å². The SMILES string of the molecule is CC(C)(C)OC(=O)C[C@H](C(=O)N1CCC[C@H]1C(=O)Nc1snnc1-c1ccccc1)c1ccc(O)cc1. The van der Waals surface area contributed by atoms with Crippen LogP contribution in [0.25, 0.3) is 11.3 Å². The summed E-state index contributed by atoms with van der Waals surface area (Å²) in [5.74, 6) is -1.97. The number of aromatic nitrogens is 2. The number of nitrogens with zero attached hydrogens (tertiary/aromatic N) is 3. The topological polar surface area (TPSA) is 122 Å². The van der Waals surface area contributed by atoms with Crippen LogP contribution in [0.15, 0.2) is 54.6 Å². The largest absolute Gasteiger partial charge is 0.508 e. The molecule has 0 spiro atoms. The van der Waals surface area contributed by atoms with Gasteiger partial charge in [0.25, 0.3) is 0 Å². The number of carbonyl (C=O) groups excluding carboxylic acids is 3. The van der Waals surface area contributed by atoms with E-state index in [1.54, 1.807) is 32.9 Å². The van der Waals surface area contributed by atoms with Crippen LogP contribution in [0.1, 0.15) is 51.5 Å². The van der Waals surface area contributed by atoms with Gasteiger partial charge in [0.2, 0.25) is 11.8 Å². The standard InChI is InChI=1S/C27H30N4O5S/c1-27(2,3)36-22(33)16-20(17-11-13-19(32)14-12-17)26(35)31-15-7-10-21(31)24(34)28-25-23(29-30-37-25)18-8-5-4-6-9-18/h4-6,8-9,11-14,20-21,32H,7,10,15-16H2,1-3H3,(H,28,34)/t20-,21-/m0/s1. The van der Waals surface area contributed by atoms with Crippen LogP contribution >= 0.6 is 11.5 Å². The lowest BCUT2D eigenvalue weighted by Gasteiger charge is -2.29. The van der Waals surface area contributed by atoms with Gasteiger partial charge in [0.15, 0.2) is 0 Å². The smallest absolute Gasteiger partial charge is 0.307 e. The highest BCUT2D eigenvalue weighted by molar-refractivity contribution is 7.10. The fourth-order valence-corrected chi connectivity index (χ4v) is 4.96. The quantitative estimate of drug-likeness (QED) is 0.442. The molecule has 1 aliphatic heterocycles. The van der Waals surface area contributed by atoms with Crippen molar-refractivity contribution in [2.24, 2.45) is 0 Å². The zero-order valence-electron chi connectivity index (χ0n) is 21.0. The molecule has 2 atom stereocenters. The average molecular weight is 523 g/mol. The number of hydrogen-bond donors (Lipinski definition) is 2. The van der Waals surface area contributed by atoms with Crippen molar-refractivity contribution >= 4 is 34.3 Å². The van der Waals surface area contributed by atoms with Crippen LogP contribution in [-0.2, 0) is 19.1 Å². The van der Waals surface area contributed by atoms with Gasteiger partial charge >= 0.3 is 5.97 Å². The van der Waals surface area contributed by atoms with Crippen molar-refractivity contribution in [3.05, 3.63) is 60.2 Å². The molecule has 2 aromatic carbocycles. The molecule has 3 aromatic rings. The number of ether oxygens (including phenoxy) is 1. The molecule has 4 rings (SSSR count). The van der Waals surface area contributed by atoms with Crippen molar-refractivity contribution < 1.29 is 24.2 Å². The third kappa shape index (κ3) is 6.51. The minimum absolute atomic E-state index is 0.0537. The maximum absolute atomic E-state index is 13.8. The predicted molar refractivity (Wildman–Crippen MR) is 140 cm³/mol. The summed E-state index contributed by atoms with van der Waals surface area (Å²) < 4.78 is 9.47. The molecule has 1 aliphatic rings. The Morgan fingerprint density at radius 3 is 2.51 bits per heavy atom. The summed E-state index contributed by atoms with van der Waals surface area (Å²) in [6.45, 7) is 5.69. The molecule has 1 saturated heterocycles. The number of esters is 1. The molecule has 1 fully saturated rings. The fraction of sp³-hybridized carbons (Fsp3) is 0.370. The van der Waals surface area contributed by atoms with Gasteiger partial charge in [-0.05, 0) is 51.3 Å². The van der Waals surface area contributed by atoms with Crippen LogP contribution in [0.3, 0.4) is 0 Å². The molecule has 37 heavy (non-hydrogen) atoms. The second kappa shape index (κ2) is 11.1. The maximum Gasteiger partial charge on any atom is 0.307 e. The van der Waals surface area contributed by atoms with Gasteiger partial charge < -0.3 is 20.1 Å². The Morgan fingerprint density at radius 1 is 1.14 bits per heavy atom. The summed E-state index contributed by atoms with van der Waals surface area (Å²) >= 11 is 1.08. The van der Waals surface area contributed by atoms with Gasteiger partial charge in [-0.1, -0.05) is 47.0 Å². The molecule has 1 aromatic heterocycles. The number of phenols is 1. The first kappa shape index (κ1) is 26.3. The van der Waals surface area contributed by atoms with E-state index in [4.69, 9.17) is 4.74 Å². The summed E-state index contributed by atoms with van der Waals surface area (Å²) in [6, 6.07) is 14.9. The van der Waals surface area contributed by atoms with Crippen LogP contribution in [0.2, 0.25) is 0 Å². The lowest BCUT2D eigenvalue weighted by Crippen LogP contribution is -2.45.